The standard InChI is InChI=1S/C45H36Br2N6/c1-44(2,3)28-9-15-33(16-10-28)53(34-17-11-29(12-18-34)45(4,5)6)32-13-7-26(8-14-32)35-22-39-38(19-27(35)23-48)51-42-36-20-30(46)24-49-40(36)41-37(43(42)52-39)21-31(47)25-50-41/h7-22,24-25H,1-6H3. The van der Waals surface area contributed by atoms with Gasteiger partial charge in [-0.3, -0.25) is 9.97 Å². The molecule has 0 fully saturated rings. The Hall–Kier alpha value is -5.23. The minimum absolute atomic E-state index is 0.0529. The van der Waals surface area contributed by atoms with Crippen LogP contribution in [0.25, 0.3) is 55.0 Å². The molecule has 53 heavy (non-hydrogen) atoms. The lowest BCUT2D eigenvalue weighted by Crippen LogP contribution is -2.14. The molecule has 0 aliphatic rings. The van der Waals surface area contributed by atoms with E-state index in [-0.39, 0.29) is 10.8 Å². The zero-order valence-corrected chi connectivity index (χ0v) is 33.5. The molecule has 8 heteroatoms. The average Bonchev–Trinajstić information content (AvgIpc) is 3.14. The number of hydrogen-bond acceptors (Lipinski definition) is 6. The molecule has 8 rings (SSSR count). The summed E-state index contributed by atoms with van der Waals surface area (Å²) in [4.78, 5) is 22.0. The van der Waals surface area contributed by atoms with E-state index >= 15 is 0 Å². The fourth-order valence-electron chi connectivity index (χ4n) is 6.88. The van der Waals surface area contributed by atoms with Gasteiger partial charge < -0.3 is 4.90 Å². The Kier molecular flexibility index (Phi) is 8.55. The molecule has 5 aromatic carbocycles. The Labute approximate surface area is 325 Å². The maximum absolute atomic E-state index is 10.4. The Morgan fingerprint density at radius 2 is 0.962 bits per heavy atom. The highest BCUT2D eigenvalue weighted by Crippen LogP contribution is 2.40. The van der Waals surface area contributed by atoms with Crippen molar-refractivity contribution in [3.63, 3.8) is 0 Å². The monoisotopic (exact) mass is 818 g/mol. The largest absolute Gasteiger partial charge is 0.311 e. The molecule has 0 radical (unpaired) electrons. The molecule has 0 atom stereocenters. The van der Waals surface area contributed by atoms with Crippen molar-refractivity contribution in [2.75, 3.05) is 4.90 Å². The first-order valence-corrected chi connectivity index (χ1v) is 19.1. The summed E-state index contributed by atoms with van der Waals surface area (Å²) >= 11 is 7.17. The van der Waals surface area contributed by atoms with Crippen LogP contribution in [0.2, 0.25) is 0 Å². The van der Waals surface area contributed by atoms with Gasteiger partial charge in [-0.25, -0.2) is 9.97 Å². The van der Waals surface area contributed by atoms with Crippen molar-refractivity contribution < 1.29 is 0 Å². The molecule has 0 unspecified atom stereocenters. The van der Waals surface area contributed by atoms with Crippen LogP contribution in [0.3, 0.4) is 0 Å². The second kappa shape index (κ2) is 13.0. The quantitative estimate of drug-likeness (QED) is 0.130. The van der Waals surface area contributed by atoms with Gasteiger partial charge in [0, 0.05) is 54.7 Å². The maximum Gasteiger partial charge on any atom is 0.0999 e. The number of rotatable bonds is 4. The molecule has 260 valence electrons. The first-order chi connectivity index (χ1) is 25.3. The van der Waals surface area contributed by atoms with Gasteiger partial charge in [0.15, 0.2) is 0 Å². The lowest BCUT2D eigenvalue weighted by atomic mass is 9.86. The van der Waals surface area contributed by atoms with E-state index < -0.39 is 0 Å². The smallest absolute Gasteiger partial charge is 0.0999 e. The Morgan fingerprint density at radius 1 is 0.547 bits per heavy atom. The molecular weight excluding hydrogens is 784 g/mol. The maximum atomic E-state index is 10.4. The number of fused-ring (bicyclic) bond motifs is 7. The third-order valence-corrected chi connectivity index (χ3v) is 10.7. The van der Waals surface area contributed by atoms with Gasteiger partial charge in [0.2, 0.25) is 0 Å². The minimum Gasteiger partial charge on any atom is -0.311 e. The summed E-state index contributed by atoms with van der Waals surface area (Å²) in [6.45, 7) is 13.4. The second-order valence-electron chi connectivity index (χ2n) is 15.5. The van der Waals surface area contributed by atoms with E-state index in [2.05, 4.69) is 157 Å². The van der Waals surface area contributed by atoms with Crippen LogP contribution in [-0.4, -0.2) is 19.9 Å². The molecule has 8 aromatic rings. The average molecular weight is 821 g/mol. The van der Waals surface area contributed by atoms with Crippen LogP contribution < -0.4 is 4.90 Å². The summed E-state index contributed by atoms with van der Waals surface area (Å²) in [5.41, 5.74) is 12.3. The Balaban J connectivity index is 1.26. The van der Waals surface area contributed by atoms with Crippen LogP contribution in [0.5, 0.6) is 0 Å². The summed E-state index contributed by atoms with van der Waals surface area (Å²) < 4.78 is 1.68. The van der Waals surface area contributed by atoms with Crippen LogP contribution in [0.4, 0.5) is 17.1 Å². The first kappa shape index (κ1) is 34.8. The van der Waals surface area contributed by atoms with Gasteiger partial charge in [-0.05, 0) is 120 Å². The number of nitrogens with zero attached hydrogens (tertiary/aromatic N) is 6. The lowest BCUT2D eigenvalue weighted by Gasteiger charge is -2.28. The molecule has 0 spiro atoms. The molecule has 0 N–H and O–H groups in total. The molecule has 0 saturated heterocycles. The van der Waals surface area contributed by atoms with Crippen molar-refractivity contribution in [1.29, 1.82) is 5.26 Å². The summed E-state index contributed by atoms with van der Waals surface area (Å²) in [7, 11) is 0. The van der Waals surface area contributed by atoms with Crippen LogP contribution in [0, 0.1) is 11.3 Å². The summed E-state index contributed by atoms with van der Waals surface area (Å²) in [5.74, 6) is 0. The van der Waals surface area contributed by atoms with Gasteiger partial charge in [0.25, 0.3) is 0 Å². The highest BCUT2D eigenvalue weighted by Gasteiger charge is 2.20. The predicted molar refractivity (Wildman–Crippen MR) is 225 cm³/mol. The number of pyridine rings is 2. The zero-order valence-electron chi connectivity index (χ0n) is 30.3. The highest BCUT2D eigenvalue weighted by molar-refractivity contribution is 9.10. The van der Waals surface area contributed by atoms with Gasteiger partial charge in [-0.15, -0.1) is 0 Å². The van der Waals surface area contributed by atoms with Gasteiger partial charge >= 0.3 is 0 Å². The Bertz CT molecular complexity index is 2700. The highest BCUT2D eigenvalue weighted by atomic mass is 79.9. The summed E-state index contributed by atoms with van der Waals surface area (Å²) in [5, 5.41) is 12.1. The van der Waals surface area contributed by atoms with Crippen LogP contribution in [0.1, 0.15) is 58.2 Å². The number of anilines is 3. The second-order valence-corrected chi connectivity index (χ2v) is 17.3. The Morgan fingerprint density at radius 3 is 1.38 bits per heavy atom. The minimum atomic E-state index is 0.0529. The summed E-state index contributed by atoms with van der Waals surface area (Å²) in [6.07, 6.45) is 3.54. The fourth-order valence-corrected chi connectivity index (χ4v) is 7.55. The molecule has 3 heterocycles. The van der Waals surface area contributed by atoms with Crippen molar-refractivity contribution in [2.45, 2.75) is 52.4 Å². The van der Waals surface area contributed by atoms with E-state index in [1.807, 2.05) is 24.3 Å². The molecule has 0 aliphatic carbocycles. The van der Waals surface area contributed by atoms with E-state index in [0.29, 0.717) is 22.1 Å². The summed E-state index contributed by atoms with van der Waals surface area (Å²) in [6, 6.07) is 36.3. The molecule has 3 aromatic heterocycles. The van der Waals surface area contributed by atoms with E-state index in [1.54, 1.807) is 12.4 Å². The van der Waals surface area contributed by atoms with Gasteiger partial charge in [-0.1, -0.05) is 77.9 Å². The van der Waals surface area contributed by atoms with Crippen molar-refractivity contribution in [2.24, 2.45) is 0 Å². The van der Waals surface area contributed by atoms with Gasteiger partial charge in [0.05, 0.1) is 44.7 Å². The van der Waals surface area contributed by atoms with Crippen molar-refractivity contribution in [3.05, 3.63) is 135 Å². The third kappa shape index (κ3) is 6.43. The molecule has 6 nitrogen and oxygen atoms in total. The third-order valence-electron chi connectivity index (χ3n) is 9.79. The first-order valence-electron chi connectivity index (χ1n) is 17.5. The topological polar surface area (TPSA) is 78.6 Å². The lowest BCUT2D eigenvalue weighted by molar-refractivity contribution is 0.590. The van der Waals surface area contributed by atoms with E-state index in [9.17, 15) is 5.26 Å². The molecule has 0 aliphatic heterocycles. The molecule has 0 bridgehead atoms. The number of aromatic nitrogens is 4. The van der Waals surface area contributed by atoms with Crippen molar-refractivity contribution in [1.82, 2.24) is 19.9 Å². The normalized spacial score (nSPS) is 12.1. The van der Waals surface area contributed by atoms with Gasteiger partial charge in [-0.2, -0.15) is 5.26 Å². The van der Waals surface area contributed by atoms with Crippen LogP contribution in [0.15, 0.2) is 118 Å². The molecule has 0 saturated carbocycles. The fraction of sp³-hybridized carbons (Fsp3) is 0.178. The molecule has 0 amide bonds. The van der Waals surface area contributed by atoms with E-state index in [4.69, 9.17) is 19.9 Å². The van der Waals surface area contributed by atoms with Crippen molar-refractivity contribution in [3.8, 4) is 17.2 Å². The SMILES string of the molecule is CC(C)(C)c1ccc(N(c2ccc(-c3cc4nc5c6cc(Br)cnc6c6ncc(Br)cc6c5nc4cc3C#N)cc2)c2ccc(C(C)(C)C)cc2)cc1. The number of nitriles is 1. The van der Waals surface area contributed by atoms with E-state index in [0.717, 1.165) is 64.5 Å². The number of hydrogen-bond donors (Lipinski definition) is 0. The predicted octanol–water partition coefficient (Wildman–Crippen LogP) is 13.0. The van der Waals surface area contributed by atoms with Gasteiger partial charge in [0.1, 0.15) is 0 Å². The number of halogens is 2. The van der Waals surface area contributed by atoms with E-state index in [1.165, 1.54) is 11.1 Å². The zero-order chi connectivity index (χ0) is 37.2. The van der Waals surface area contributed by atoms with Crippen molar-refractivity contribution >= 4 is 92.8 Å². The number of benzene rings is 5. The van der Waals surface area contributed by atoms with Crippen LogP contribution >= 0.6 is 31.9 Å². The van der Waals surface area contributed by atoms with Crippen LogP contribution in [-0.2, 0) is 10.8 Å². The molecular formula is C45H36Br2N6.